The van der Waals surface area contributed by atoms with Gasteiger partial charge in [0.05, 0.1) is 5.97 Å². The molecule has 0 radical (unpaired) electrons. The molecule has 0 aromatic heterocycles. The van der Waals surface area contributed by atoms with Crippen molar-refractivity contribution >= 4 is 17.6 Å². The summed E-state index contributed by atoms with van der Waals surface area (Å²) < 4.78 is 0. The molecule has 0 heterocycles. The van der Waals surface area contributed by atoms with E-state index in [1.165, 1.54) is 12.1 Å². The molecule has 4 heteroatoms. The van der Waals surface area contributed by atoms with Gasteiger partial charge in [0.1, 0.15) is 0 Å². The van der Waals surface area contributed by atoms with E-state index in [0.29, 0.717) is 11.3 Å². The number of hydrogen-bond donors (Lipinski definition) is 1. The number of amides is 1. The van der Waals surface area contributed by atoms with Crippen LogP contribution < -0.4 is 10.4 Å². The summed E-state index contributed by atoms with van der Waals surface area (Å²) in [5.74, 6) is -1.46. The van der Waals surface area contributed by atoms with Crippen LogP contribution in [0.4, 0.5) is 5.69 Å². The number of aromatic carboxylic acids is 1. The lowest BCUT2D eigenvalue weighted by Gasteiger charge is -2.26. The van der Waals surface area contributed by atoms with Crippen molar-refractivity contribution in [2.75, 3.05) is 5.32 Å². The van der Waals surface area contributed by atoms with Gasteiger partial charge >= 0.3 is 0 Å². The number of nitrogens with one attached hydrogen (secondary N) is 1. The summed E-state index contributed by atoms with van der Waals surface area (Å²) in [4.78, 5) is 23.6. The van der Waals surface area contributed by atoms with Crippen molar-refractivity contribution in [2.45, 2.75) is 52.4 Å². The number of carboxylic acids is 1. The Kier molecular flexibility index (Phi) is 5.26. The molecule has 0 aliphatic rings. The lowest BCUT2D eigenvalue weighted by Crippen LogP contribution is -2.22. The molecule has 2 rings (SSSR count). The minimum absolute atomic E-state index is 0.0766. The van der Waals surface area contributed by atoms with E-state index in [1.807, 2.05) is 12.1 Å². The van der Waals surface area contributed by atoms with Crippen LogP contribution in [0.1, 0.15) is 73.4 Å². The molecule has 0 saturated carbocycles. The molecule has 0 aliphatic carbocycles. The van der Waals surface area contributed by atoms with Crippen LogP contribution in [-0.2, 0) is 10.8 Å². The Morgan fingerprint density at radius 3 is 1.62 bits per heavy atom. The van der Waals surface area contributed by atoms with Gasteiger partial charge in [0, 0.05) is 11.3 Å². The highest BCUT2D eigenvalue weighted by atomic mass is 16.4. The highest BCUT2D eigenvalue weighted by Crippen LogP contribution is 2.30. The van der Waals surface area contributed by atoms with Crippen LogP contribution in [0.15, 0.2) is 42.5 Å². The first-order valence-corrected chi connectivity index (χ1v) is 8.67. The number of hydrogen-bond acceptors (Lipinski definition) is 3. The molecule has 0 spiro atoms. The maximum absolute atomic E-state index is 12.8. The summed E-state index contributed by atoms with van der Waals surface area (Å²) >= 11 is 0. The summed E-state index contributed by atoms with van der Waals surface area (Å²) in [7, 11) is 0. The van der Waals surface area contributed by atoms with Gasteiger partial charge in [-0.2, -0.15) is 0 Å². The van der Waals surface area contributed by atoms with E-state index in [1.54, 1.807) is 12.1 Å². The molecule has 138 valence electrons. The van der Waals surface area contributed by atoms with E-state index in [9.17, 15) is 14.7 Å². The van der Waals surface area contributed by atoms with Gasteiger partial charge < -0.3 is 15.2 Å². The van der Waals surface area contributed by atoms with Crippen LogP contribution in [0.3, 0.4) is 0 Å². The normalized spacial score (nSPS) is 11.9. The van der Waals surface area contributed by atoms with Gasteiger partial charge in [-0.1, -0.05) is 59.7 Å². The zero-order valence-corrected chi connectivity index (χ0v) is 16.3. The molecular weight excluding hydrogens is 326 g/mol. The van der Waals surface area contributed by atoms with Gasteiger partial charge in [-0.25, -0.2) is 0 Å². The second-order valence-corrected chi connectivity index (χ2v) is 8.62. The molecule has 4 nitrogen and oxygen atoms in total. The molecule has 0 bridgehead atoms. The third kappa shape index (κ3) is 4.72. The zero-order chi connectivity index (χ0) is 19.7. The second kappa shape index (κ2) is 6.94. The highest BCUT2D eigenvalue weighted by molar-refractivity contribution is 6.04. The monoisotopic (exact) mass is 352 g/mol. The highest BCUT2D eigenvalue weighted by Gasteiger charge is 2.22. The third-order valence-electron chi connectivity index (χ3n) is 4.31. The van der Waals surface area contributed by atoms with Gasteiger partial charge in [-0.05, 0) is 51.8 Å². The third-order valence-corrected chi connectivity index (χ3v) is 4.31. The minimum atomic E-state index is -1.24. The standard InChI is InChI=1S/C22H27NO3/c1-21(2,3)16-11-15(12-17(13-16)22(4,5)6)19(24)23-18-9-7-14(8-10-18)20(25)26/h7-13H,1-6H3,(H,23,24)(H,25,26)/p-1. The molecule has 0 unspecified atom stereocenters. The van der Waals surface area contributed by atoms with E-state index >= 15 is 0 Å². The smallest absolute Gasteiger partial charge is 0.255 e. The van der Waals surface area contributed by atoms with E-state index in [4.69, 9.17) is 0 Å². The summed E-state index contributed by atoms with van der Waals surface area (Å²) in [6.45, 7) is 12.7. The van der Waals surface area contributed by atoms with Crippen LogP contribution in [-0.4, -0.2) is 11.9 Å². The van der Waals surface area contributed by atoms with Crippen LogP contribution >= 0.6 is 0 Å². The van der Waals surface area contributed by atoms with E-state index in [0.717, 1.165) is 11.1 Å². The average molecular weight is 352 g/mol. The van der Waals surface area contributed by atoms with Crippen molar-refractivity contribution < 1.29 is 14.7 Å². The molecular formula is C22H26NO3-. The van der Waals surface area contributed by atoms with Crippen LogP contribution in [0, 0.1) is 0 Å². The Labute approximate surface area is 155 Å². The van der Waals surface area contributed by atoms with E-state index in [2.05, 4.69) is 52.9 Å². The molecule has 0 saturated heterocycles. The fraction of sp³-hybridized carbons (Fsp3) is 0.364. The molecule has 0 fully saturated rings. The second-order valence-electron chi connectivity index (χ2n) is 8.62. The summed E-state index contributed by atoms with van der Waals surface area (Å²) in [6, 6.07) is 11.9. The van der Waals surface area contributed by atoms with Gasteiger partial charge in [0.2, 0.25) is 0 Å². The summed E-state index contributed by atoms with van der Waals surface area (Å²) in [5.41, 5.74) is 3.25. The molecule has 1 N–H and O–H groups in total. The number of rotatable bonds is 3. The first-order chi connectivity index (χ1) is 11.9. The fourth-order valence-corrected chi connectivity index (χ4v) is 2.52. The Hall–Kier alpha value is -2.62. The van der Waals surface area contributed by atoms with Gasteiger partial charge in [0.15, 0.2) is 0 Å². The lowest BCUT2D eigenvalue weighted by molar-refractivity contribution is -0.255. The van der Waals surface area contributed by atoms with Crippen molar-refractivity contribution in [1.82, 2.24) is 0 Å². The van der Waals surface area contributed by atoms with Gasteiger partial charge in [0.25, 0.3) is 5.91 Å². The van der Waals surface area contributed by atoms with Crippen molar-refractivity contribution in [3.63, 3.8) is 0 Å². The topological polar surface area (TPSA) is 69.2 Å². The number of carboxylic acid groups (broad SMARTS) is 1. The SMILES string of the molecule is CC(C)(C)c1cc(C(=O)Nc2ccc(C(=O)[O-])cc2)cc(C(C)(C)C)c1. The maximum atomic E-state index is 12.8. The fourth-order valence-electron chi connectivity index (χ4n) is 2.52. The van der Waals surface area contributed by atoms with Crippen molar-refractivity contribution in [3.8, 4) is 0 Å². The Bertz CT molecular complexity index is 790. The molecule has 26 heavy (non-hydrogen) atoms. The molecule has 0 atom stereocenters. The van der Waals surface area contributed by atoms with Gasteiger partial charge in [-0.15, -0.1) is 0 Å². The maximum Gasteiger partial charge on any atom is 0.255 e. The summed E-state index contributed by atoms with van der Waals surface area (Å²) in [5, 5.41) is 13.6. The van der Waals surface area contributed by atoms with Gasteiger partial charge in [-0.3, -0.25) is 4.79 Å². The first-order valence-electron chi connectivity index (χ1n) is 8.67. The number of carbonyl (C=O) groups excluding carboxylic acids is 2. The predicted molar refractivity (Wildman–Crippen MR) is 103 cm³/mol. The number of benzene rings is 2. The zero-order valence-electron chi connectivity index (χ0n) is 16.3. The summed E-state index contributed by atoms with van der Waals surface area (Å²) in [6.07, 6.45) is 0. The van der Waals surface area contributed by atoms with Crippen molar-refractivity contribution in [1.29, 1.82) is 0 Å². The largest absolute Gasteiger partial charge is 0.545 e. The Morgan fingerprint density at radius 2 is 1.23 bits per heavy atom. The number of carbonyl (C=O) groups is 2. The molecule has 2 aromatic carbocycles. The van der Waals surface area contributed by atoms with Crippen LogP contribution in [0.25, 0.3) is 0 Å². The molecule has 0 aliphatic heterocycles. The van der Waals surface area contributed by atoms with E-state index < -0.39 is 5.97 Å². The van der Waals surface area contributed by atoms with Crippen LogP contribution in [0.2, 0.25) is 0 Å². The number of anilines is 1. The van der Waals surface area contributed by atoms with Crippen molar-refractivity contribution in [3.05, 3.63) is 64.7 Å². The lowest BCUT2D eigenvalue weighted by atomic mass is 9.79. The first kappa shape index (κ1) is 19.7. The quantitative estimate of drug-likeness (QED) is 0.911. The Morgan fingerprint density at radius 1 is 0.769 bits per heavy atom. The molecule has 1 amide bonds. The minimum Gasteiger partial charge on any atom is -0.545 e. The predicted octanol–water partition coefficient (Wildman–Crippen LogP) is 3.90. The molecule has 2 aromatic rings. The average Bonchev–Trinajstić information content (AvgIpc) is 2.53. The van der Waals surface area contributed by atoms with Crippen LogP contribution in [0.5, 0.6) is 0 Å². The van der Waals surface area contributed by atoms with Crippen molar-refractivity contribution in [2.24, 2.45) is 0 Å². The Balaban J connectivity index is 2.37. The van der Waals surface area contributed by atoms with E-state index in [-0.39, 0.29) is 22.3 Å².